The highest BCUT2D eigenvalue weighted by Crippen LogP contribution is 2.28. The molecule has 1 aromatic carbocycles. The zero-order chi connectivity index (χ0) is 14.7. The average molecular weight is 292 g/mol. The standard InChI is InChI=1S/C14H14ClN3O2/c1-8-3-4-9(15)12(7-8)18-13-10(16)5-6-11(17-13)14(19)20-2/h3-7H,16H2,1-2H3,(H,17,18). The molecule has 0 aliphatic rings. The zero-order valence-electron chi connectivity index (χ0n) is 11.1. The van der Waals surface area contributed by atoms with Crippen LogP contribution in [-0.2, 0) is 4.74 Å². The molecule has 2 rings (SSSR count). The molecule has 1 heterocycles. The van der Waals surface area contributed by atoms with Crippen LogP contribution < -0.4 is 11.1 Å². The number of carbonyl (C=O) groups excluding carboxylic acids is 1. The lowest BCUT2D eigenvalue weighted by Crippen LogP contribution is -2.08. The number of hydrogen-bond donors (Lipinski definition) is 2. The van der Waals surface area contributed by atoms with Crippen LogP contribution in [0, 0.1) is 6.92 Å². The van der Waals surface area contributed by atoms with E-state index in [9.17, 15) is 4.79 Å². The molecule has 0 saturated heterocycles. The molecule has 104 valence electrons. The van der Waals surface area contributed by atoms with E-state index in [0.717, 1.165) is 5.56 Å². The highest BCUT2D eigenvalue weighted by atomic mass is 35.5. The van der Waals surface area contributed by atoms with Crippen molar-refractivity contribution in [2.45, 2.75) is 6.92 Å². The largest absolute Gasteiger partial charge is 0.464 e. The lowest BCUT2D eigenvalue weighted by Gasteiger charge is -2.11. The summed E-state index contributed by atoms with van der Waals surface area (Å²) >= 11 is 6.11. The average Bonchev–Trinajstić information content (AvgIpc) is 2.44. The van der Waals surface area contributed by atoms with Gasteiger partial charge in [0, 0.05) is 0 Å². The van der Waals surface area contributed by atoms with E-state index < -0.39 is 5.97 Å². The highest BCUT2D eigenvalue weighted by molar-refractivity contribution is 6.33. The number of halogens is 1. The van der Waals surface area contributed by atoms with Crippen molar-refractivity contribution < 1.29 is 9.53 Å². The molecule has 0 spiro atoms. The minimum Gasteiger partial charge on any atom is -0.464 e. The van der Waals surface area contributed by atoms with Gasteiger partial charge in [0.25, 0.3) is 0 Å². The van der Waals surface area contributed by atoms with E-state index >= 15 is 0 Å². The number of aromatic nitrogens is 1. The Morgan fingerprint density at radius 1 is 1.35 bits per heavy atom. The van der Waals surface area contributed by atoms with Crippen molar-refractivity contribution in [1.29, 1.82) is 0 Å². The van der Waals surface area contributed by atoms with Crippen molar-refractivity contribution in [1.82, 2.24) is 4.98 Å². The SMILES string of the molecule is COC(=O)c1ccc(N)c(Nc2cc(C)ccc2Cl)n1. The molecule has 0 fully saturated rings. The molecule has 2 aromatic rings. The summed E-state index contributed by atoms with van der Waals surface area (Å²) in [7, 11) is 1.30. The lowest BCUT2D eigenvalue weighted by molar-refractivity contribution is 0.0594. The van der Waals surface area contributed by atoms with Crippen molar-refractivity contribution in [3.8, 4) is 0 Å². The van der Waals surface area contributed by atoms with E-state index in [1.807, 2.05) is 19.1 Å². The summed E-state index contributed by atoms with van der Waals surface area (Å²) in [5, 5.41) is 3.57. The van der Waals surface area contributed by atoms with Gasteiger partial charge < -0.3 is 15.8 Å². The van der Waals surface area contributed by atoms with Gasteiger partial charge >= 0.3 is 5.97 Å². The molecule has 0 aliphatic carbocycles. The van der Waals surface area contributed by atoms with E-state index in [4.69, 9.17) is 17.3 Å². The summed E-state index contributed by atoms with van der Waals surface area (Å²) < 4.78 is 4.63. The topological polar surface area (TPSA) is 77.2 Å². The van der Waals surface area contributed by atoms with E-state index in [1.54, 1.807) is 12.1 Å². The fraction of sp³-hybridized carbons (Fsp3) is 0.143. The number of rotatable bonds is 3. The number of nitrogens with zero attached hydrogens (tertiary/aromatic N) is 1. The number of carbonyl (C=O) groups is 1. The molecular formula is C14H14ClN3O2. The third kappa shape index (κ3) is 3.00. The highest BCUT2D eigenvalue weighted by Gasteiger charge is 2.11. The number of hydrogen-bond acceptors (Lipinski definition) is 5. The number of ether oxygens (including phenoxy) is 1. The predicted octanol–water partition coefficient (Wildman–Crippen LogP) is 3.16. The Balaban J connectivity index is 2.37. The molecule has 3 N–H and O–H groups in total. The number of anilines is 3. The molecule has 0 bridgehead atoms. The molecule has 0 saturated carbocycles. The maximum Gasteiger partial charge on any atom is 0.356 e. The lowest BCUT2D eigenvalue weighted by atomic mass is 10.2. The number of nitrogen functional groups attached to an aromatic ring is 1. The molecule has 0 atom stereocenters. The van der Waals surface area contributed by atoms with Gasteiger partial charge in [-0.2, -0.15) is 0 Å². The molecule has 0 radical (unpaired) electrons. The third-order valence-electron chi connectivity index (χ3n) is 2.70. The maximum atomic E-state index is 11.5. The van der Waals surface area contributed by atoms with Crippen LogP contribution in [0.1, 0.15) is 16.1 Å². The second-order valence-corrected chi connectivity index (χ2v) is 4.64. The van der Waals surface area contributed by atoms with Crippen molar-refractivity contribution >= 4 is 34.8 Å². The summed E-state index contributed by atoms with van der Waals surface area (Å²) in [5.74, 6) is -0.163. The van der Waals surface area contributed by atoms with Gasteiger partial charge in [0.1, 0.15) is 0 Å². The van der Waals surface area contributed by atoms with Gasteiger partial charge in [0.15, 0.2) is 11.5 Å². The van der Waals surface area contributed by atoms with Gasteiger partial charge in [-0.25, -0.2) is 9.78 Å². The van der Waals surface area contributed by atoms with Crippen molar-refractivity contribution in [2.75, 3.05) is 18.2 Å². The van der Waals surface area contributed by atoms with Gasteiger partial charge in [-0.3, -0.25) is 0 Å². The normalized spacial score (nSPS) is 10.2. The first-order valence-corrected chi connectivity index (χ1v) is 6.27. The summed E-state index contributed by atoms with van der Waals surface area (Å²) in [4.78, 5) is 15.6. The Hall–Kier alpha value is -2.27. The smallest absolute Gasteiger partial charge is 0.356 e. The minimum atomic E-state index is -0.525. The Morgan fingerprint density at radius 3 is 2.80 bits per heavy atom. The summed E-state index contributed by atoms with van der Waals surface area (Å²) in [6, 6.07) is 8.64. The first kappa shape index (κ1) is 14.1. The Kier molecular flexibility index (Phi) is 4.10. The van der Waals surface area contributed by atoms with Gasteiger partial charge in [-0.15, -0.1) is 0 Å². The second kappa shape index (κ2) is 5.79. The Labute approximate surface area is 121 Å². The molecular weight excluding hydrogens is 278 g/mol. The molecule has 0 unspecified atom stereocenters. The number of nitrogens with one attached hydrogen (secondary N) is 1. The van der Waals surface area contributed by atoms with Crippen LogP contribution in [0.3, 0.4) is 0 Å². The van der Waals surface area contributed by atoms with Gasteiger partial charge in [0.2, 0.25) is 0 Å². The number of methoxy groups -OCH3 is 1. The second-order valence-electron chi connectivity index (χ2n) is 4.23. The van der Waals surface area contributed by atoms with Crippen LogP contribution in [0.2, 0.25) is 5.02 Å². The molecule has 0 amide bonds. The summed E-state index contributed by atoms with van der Waals surface area (Å²) in [5.41, 5.74) is 8.15. The van der Waals surface area contributed by atoms with E-state index in [2.05, 4.69) is 15.0 Å². The van der Waals surface area contributed by atoms with E-state index in [-0.39, 0.29) is 5.69 Å². The molecule has 1 aromatic heterocycles. The fourth-order valence-electron chi connectivity index (χ4n) is 1.65. The monoisotopic (exact) mass is 291 g/mol. The van der Waals surface area contributed by atoms with E-state index in [0.29, 0.717) is 22.2 Å². The van der Waals surface area contributed by atoms with Crippen LogP contribution >= 0.6 is 11.6 Å². The minimum absolute atomic E-state index is 0.174. The van der Waals surface area contributed by atoms with Crippen LogP contribution in [0.5, 0.6) is 0 Å². The predicted molar refractivity (Wildman–Crippen MR) is 79.5 cm³/mol. The van der Waals surface area contributed by atoms with Gasteiger partial charge in [-0.1, -0.05) is 17.7 Å². The molecule has 5 nitrogen and oxygen atoms in total. The van der Waals surface area contributed by atoms with Crippen LogP contribution in [-0.4, -0.2) is 18.1 Å². The van der Waals surface area contributed by atoms with Crippen LogP contribution in [0.15, 0.2) is 30.3 Å². The number of aryl methyl sites for hydroxylation is 1. The number of esters is 1. The quantitative estimate of drug-likeness (QED) is 0.850. The van der Waals surface area contributed by atoms with Crippen molar-refractivity contribution in [3.05, 3.63) is 46.6 Å². The Bertz CT molecular complexity index is 659. The van der Waals surface area contributed by atoms with Gasteiger partial charge in [-0.05, 0) is 36.8 Å². The number of nitrogens with two attached hydrogens (primary N) is 1. The molecule has 20 heavy (non-hydrogen) atoms. The Morgan fingerprint density at radius 2 is 2.10 bits per heavy atom. The number of benzene rings is 1. The van der Waals surface area contributed by atoms with Crippen LogP contribution in [0.4, 0.5) is 17.2 Å². The number of pyridine rings is 1. The molecule has 0 aliphatic heterocycles. The maximum absolute atomic E-state index is 11.5. The third-order valence-corrected chi connectivity index (χ3v) is 3.03. The fourth-order valence-corrected chi connectivity index (χ4v) is 1.82. The van der Waals surface area contributed by atoms with Gasteiger partial charge in [0.05, 0.1) is 23.5 Å². The van der Waals surface area contributed by atoms with Crippen molar-refractivity contribution in [3.63, 3.8) is 0 Å². The first-order valence-electron chi connectivity index (χ1n) is 5.89. The summed E-state index contributed by atoms with van der Waals surface area (Å²) in [6.07, 6.45) is 0. The van der Waals surface area contributed by atoms with Crippen LogP contribution in [0.25, 0.3) is 0 Å². The zero-order valence-corrected chi connectivity index (χ0v) is 11.9. The first-order chi connectivity index (χ1) is 9.51. The van der Waals surface area contributed by atoms with Crippen molar-refractivity contribution in [2.24, 2.45) is 0 Å². The molecule has 6 heteroatoms. The summed E-state index contributed by atoms with van der Waals surface area (Å²) in [6.45, 7) is 1.95. The van der Waals surface area contributed by atoms with E-state index in [1.165, 1.54) is 13.2 Å².